The van der Waals surface area contributed by atoms with E-state index in [2.05, 4.69) is 10.1 Å². The maximum atomic E-state index is 11.5. The molecule has 0 atom stereocenters. The van der Waals surface area contributed by atoms with Crippen molar-refractivity contribution in [1.82, 2.24) is 14.8 Å². The van der Waals surface area contributed by atoms with E-state index in [0.717, 1.165) is 11.1 Å². The van der Waals surface area contributed by atoms with E-state index in [0.29, 0.717) is 27.8 Å². The quantitative estimate of drug-likeness (QED) is 0.518. The third-order valence-electron chi connectivity index (χ3n) is 4.35. The number of carboxylic acid groups (broad SMARTS) is 1. The van der Waals surface area contributed by atoms with Crippen LogP contribution in [0.15, 0.2) is 60.7 Å². The minimum atomic E-state index is -1.07. The minimum absolute atomic E-state index is 0.0257. The smallest absolute Gasteiger partial charge is 0.355 e. The Hall–Kier alpha value is -3.45. The van der Waals surface area contributed by atoms with E-state index in [-0.39, 0.29) is 11.4 Å². The molecule has 0 unspecified atom stereocenters. The Balaban J connectivity index is 1.98. The van der Waals surface area contributed by atoms with Gasteiger partial charge >= 0.3 is 5.97 Å². The molecule has 4 aromatic rings. The molecule has 0 saturated heterocycles. The van der Waals surface area contributed by atoms with Crippen molar-refractivity contribution >= 4 is 17.3 Å². The van der Waals surface area contributed by atoms with Gasteiger partial charge in [0.05, 0.1) is 0 Å². The number of aryl methyl sites for hydroxylation is 1. The standard InChI is InChI=1S/C21H17N3O3S/c1-2-15-17(20(26)27)22-21(28-15)24-18(14-11-7-4-8-12-14)19(25)16(23-24)13-9-5-3-6-10-13/h3-12,25H,2H2,1H3,(H,26,27). The van der Waals surface area contributed by atoms with Gasteiger partial charge in [0.2, 0.25) is 5.13 Å². The first-order valence-electron chi connectivity index (χ1n) is 8.76. The highest BCUT2D eigenvalue weighted by atomic mass is 32.1. The Bertz CT molecular complexity index is 1130. The maximum Gasteiger partial charge on any atom is 0.355 e. The predicted molar refractivity (Wildman–Crippen MR) is 108 cm³/mol. The topological polar surface area (TPSA) is 88.2 Å². The first-order valence-corrected chi connectivity index (χ1v) is 9.58. The number of aromatic nitrogens is 3. The average molecular weight is 391 g/mol. The number of nitrogens with zero attached hydrogens (tertiary/aromatic N) is 3. The third-order valence-corrected chi connectivity index (χ3v) is 5.52. The molecule has 0 bridgehead atoms. The normalized spacial score (nSPS) is 10.9. The number of carbonyl (C=O) groups is 1. The van der Waals surface area contributed by atoms with Gasteiger partial charge in [0.15, 0.2) is 11.4 Å². The largest absolute Gasteiger partial charge is 0.504 e. The Labute approximate surface area is 165 Å². The van der Waals surface area contributed by atoms with Gasteiger partial charge in [-0.25, -0.2) is 14.5 Å². The first kappa shape index (κ1) is 17.9. The molecular formula is C21H17N3O3S. The Kier molecular flexibility index (Phi) is 4.67. The van der Waals surface area contributed by atoms with E-state index < -0.39 is 5.97 Å². The van der Waals surface area contributed by atoms with E-state index in [4.69, 9.17) is 0 Å². The molecule has 2 N–H and O–H groups in total. The van der Waals surface area contributed by atoms with Crippen molar-refractivity contribution < 1.29 is 15.0 Å². The number of aromatic carboxylic acids is 1. The molecule has 4 rings (SSSR count). The van der Waals surface area contributed by atoms with Crippen LogP contribution in [-0.2, 0) is 6.42 Å². The zero-order chi connectivity index (χ0) is 19.7. The van der Waals surface area contributed by atoms with Crippen molar-refractivity contribution in [2.75, 3.05) is 0 Å². The Morgan fingerprint density at radius 2 is 1.64 bits per heavy atom. The summed E-state index contributed by atoms with van der Waals surface area (Å²) in [5, 5.41) is 25.4. The lowest BCUT2D eigenvalue weighted by atomic mass is 10.1. The zero-order valence-electron chi connectivity index (χ0n) is 15.0. The second-order valence-corrected chi connectivity index (χ2v) is 7.18. The van der Waals surface area contributed by atoms with E-state index in [9.17, 15) is 15.0 Å². The van der Waals surface area contributed by atoms with Crippen LogP contribution in [0.25, 0.3) is 27.6 Å². The fourth-order valence-corrected chi connectivity index (χ4v) is 3.98. The Morgan fingerprint density at radius 1 is 1.04 bits per heavy atom. The maximum absolute atomic E-state index is 11.5. The summed E-state index contributed by atoms with van der Waals surface area (Å²) < 4.78 is 1.53. The van der Waals surface area contributed by atoms with Crippen LogP contribution in [0.5, 0.6) is 5.75 Å². The number of carboxylic acids is 1. The van der Waals surface area contributed by atoms with Gasteiger partial charge in [0.1, 0.15) is 11.4 Å². The SMILES string of the molecule is CCc1sc(-n2nc(-c3ccccc3)c(O)c2-c2ccccc2)nc1C(=O)O. The molecule has 6 nitrogen and oxygen atoms in total. The number of rotatable bonds is 5. The van der Waals surface area contributed by atoms with Gasteiger partial charge in [-0.1, -0.05) is 78.9 Å². The van der Waals surface area contributed by atoms with Crippen LogP contribution in [0.2, 0.25) is 0 Å². The van der Waals surface area contributed by atoms with E-state index in [1.165, 1.54) is 16.0 Å². The van der Waals surface area contributed by atoms with Gasteiger partial charge < -0.3 is 10.2 Å². The van der Waals surface area contributed by atoms with Crippen LogP contribution in [0.1, 0.15) is 22.3 Å². The molecule has 2 heterocycles. The molecule has 0 fully saturated rings. The lowest BCUT2D eigenvalue weighted by Gasteiger charge is -2.04. The molecule has 0 spiro atoms. The van der Waals surface area contributed by atoms with Crippen molar-refractivity contribution in [2.24, 2.45) is 0 Å². The van der Waals surface area contributed by atoms with Crippen LogP contribution in [-0.4, -0.2) is 30.9 Å². The molecule has 7 heteroatoms. The summed E-state index contributed by atoms with van der Waals surface area (Å²) in [7, 11) is 0. The van der Waals surface area contributed by atoms with Crippen LogP contribution in [0.4, 0.5) is 0 Å². The van der Waals surface area contributed by atoms with Gasteiger partial charge in [-0.2, -0.15) is 5.10 Å². The molecule has 0 aliphatic rings. The Morgan fingerprint density at radius 3 is 2.18 bits per heavy atom. The molecule has 2 aromatic carbocycles. The average Bonchev–Trinajstić information content (AvgIpc) is 3.30. The van der Waals surface area contributed by atoms with E-state index in [1.807, 2.05) is 67.6 Å². The predicted octanol–water partition coefficient (Wildman–Crippen LogP) is 4.63. The summed E-state index contributed by atoms with van der Waals surface area (Å²) >= 11 is 1.26. The molecular weight excluding hydrogens is 374 g/mol. The van der Waals surface area contributed by atoms with E-state index in [1.54, 1.807) is 0 Å². The highest BCUT2D eigenvalue weighted by Crippen LogP contribution is 2.40. The molecule has 140 valence electrons. The van der Waals surface area contributed by atoms with Gasteiger partial charge in [-0.15, -0.1) is 0 Å². The van der Waals surface area contributed by atoms with Gasteiger partial charge in [-0.05, 0) is 6.42 Å². The molecule has 0 aliphatic carbocycles. The summed E-state index contributed by atoms with van der Waals surface area (Å²) in [6, 6.07) is 18.7. The highest BCUT2D eigenvalue weighted by molar-refractivity contribution is 7.14. The fraction of sp³-hybridized carbons (Fsp3) is 0.0952. The van der Waals surface area contributed by atoms with Gasteiger partial charge in [0, 0.05) is 16.0 Å². The molecule has 2 aromatic heterocycles. The molecule has 28 heavy (non-hydrogen) atoms. The summed E-state index contributed by atoms with van der Waals surface area (Å²) in [5.41, 5.74) is 2.46. The van der Waals surface area contributed by atoms with Crippen molar-refractivity contribution in [1.29, 1.82) is 0 Å². The lowest BCUT2D eigenvalue weighted by molar-refractivity contribution is 0.0690. The van der Waals surface area contributed by atoms with Crippen LogP contribution in [0, 0.1) is 0 Å². The third kappa shape index (κ3) is 3.05. The van der Waals surface area contributed by atoms with Gasteiger partial charge in [0.25, 0.3) is 0 Å². The number of benzene rings is 2. The van der Waals surface area contributed by atoms with E-state index >= 15 is 0 Å². The van der Waals surface area contributed by atoms with Crippen molar-refractivity contribution in [2.45, 2.75) is 13.3 Å². The first-order chi connectivity index (χ1) is 13.6. The molecule has 0 saturated carbocycles. The highest BCUT2D eigenvalue weighted by Gasteiger charge is 2.25. The summed E-state index contributed by atoms with van der Waals surface area (Å²) in [6.45, 7) is 1.89. The lowest BCUT2D eigenvalue weighted by Crippen LogP contribution is -2.03. The number of thiazole rings is 1. The molecule has 0 amide bonds. The number of hydrogen-bond donors (Lipinski definition) is 2. The monoisotopic (exact) mass is 391 g/mol. The second-order valence-electron chi connectivity index (χ2n) is 6.12. The van der Waals surface area contributed by atoms with Crippen molar-refractivity contribution in [3.63, 3.8) is 0 Å². The van der Waals surface area contributed by atoms with Crippen LogP contribution < -0.4 is 0 Å². The number of aromatic hydroxyl groups is 1. The fourth-order valence-electron chi connectivity index (χ4n) is 3.03. The second kappa shape index (κ2) is 7.28. The minimum Gasteiger partial charge on any atom is -0.504 e. The summed E-state index contributed by atoms with van der Waals surface area (Å²) in [6.07, 6.45) is 0.554. The summed E-state index contributed by atoms with van der Waals surface area (Å²) in [5.74, 6) is -1.04. The van der Waals surface area contributed by atoms with Gasteiger partial charge in [-0.3, -0.25) is 0 Å². The molecule has 0 aliphatic heterocycles. The molecule has 0 radical (unpaired) electrons. The zero-order valence-corrected chi connectivity index (χ0v) is 15.8. The van der Waals surface area contributed by atoms with Crippen LogP contribution >= 0.6 is 11.3 Å². The van der Waals surface area contributed by atoms with Crippen molar-refractivity contribution in [3.8, 4) is 33.4 Å². The van der Waals surface area contributed by atoms with Crippen LogP contribution in [0.3, 0.4) is 0 Å². The summed E-state index contributed by atoms with van der Waals surface area (Å²) in [4.78, 5) is 16.5. The van der Waals surface area contributed by atoms with Crippen molar-refractivity contribution in [3.05, 3.63) is 71.2 Å². The number of hydrogen-bond acceptors (Lipinski definition) is 5.